The number of rotatable bonds is 2. The van der Waals surface area contributed by atoms with Gasteiger partial charge in [0.2, 0.25) is 5.96 Å². The standard InChI is InChI=1S/C13H12N4O2/c1-15-12(9-16-8-2-7-14-13(15)16)10-3-5-11(6-4-10)17(18)19/h2-7,9H,8H2,1H3. The van der Waals surface area contributed by atoms with E-state index in [1.807, 2.05) is 29.1 Å². The van der Waals surface area contributed by atoms with Gasteiger partial charge in [0.1, 0.15) is 0 Å². The van der Waals surface area contributed by atoms with Crippen molar-refractivity contribution in [2.75, 3.05) is 13.6 Å². The van der Waals surface area contributed by atoms with Crippen molar-refractivity contribution in [2.24, 2.45) is 4.99 Å². The number of aliphatic imine (C=N–C) groups is 1. The van der Waals surface area contributed by atoms with Gasteiger partial charge in [-0.2, -0.15) is 0 Å². The molecule has 6 heteroatoms. The molecule has 0 aromatic heterocycles. The number of non-ortho nitro benzene ring substituents is 1. The number of fused-ring (bicyclic) bond motifs is 1. The van der Waals surface area contributed by atoms with Crippen molar-refractivity contribution >= 4 is 17.3 Å². The molecule has 0 atom stereocenters. The lowest BCUT2D eigenvalue weighted by Crippen LogP contribution is -2.33. The highest BCUT2D eigenvalue weighted by molar-refractivity contribution is 5.95. The van der Waals surface area contributed by atoms with Crippen LogP contribution < -0.4 is 0 Å². The van der Waals surface area contributed by atoms with E-state index >= 15 is 0 Å². The highest BCUT2D eigenvalue weighted by atomic mass is 16.6. The van der Waals surface area contributed by atoms with E-state index in [0.29, 0.717) is 0 Å². The van der Waals surface area contributed by atoms with Crippen molar-refractivity contribution in [1.29, 1.82) is 0 Å². The third-order valence-corrected chi connectivity index (χ3v) is 3.17. The van der Waals surface area contributed by atoms with Crippen molar-refractivity contribution in [3.63, 3.8) is 0 Å². The fraction of sp³-hybridized carbons (Fsp3) is 0.154. The van der Waals surface area contributed by atoms with E-state index in [-0.39, 0.29) is 5.69 Å². The first kappa shape index (κ1) is 11.5. The zero-order chi connectivity index (χ0) is 13.4. The van der Waals surface area contributed by atoms with Crippen LogP contribution in [0.4, 0.5) is 5.69 Å². The smallest absolute Gasteiger partial charge is 0.269 e. The fourth-order valence-electron chi connectivity index (χ4n) is 2.19. The topological polar surface area (TPSA) is 62.0 Å². The van der Waals surface area contributed by atoms with Gasteiger partial charge >= 0.3 is 0 Å². The van der Waals surface area contributed by atoms with E-state index in [9.17, 15) is 10.1 Å². The molecular formula is C13H12N4O2. The summed E-state index contributed by atoms with van der Waals surface area (Å²) >= 11 is 0. The van der Waals surface area contributed by atoms with Crippen LogP contribution in [0.3, 0.4) is 0 Å². The van der Waals surface area contributed by atoms with Gasteiger partial charge in [0.25, 0.3) is 5.69 Å². The Labute approximate surface area is 110 Å². The molecule has 0 spiro atoms. The van der Waals surface area contributed by atoms with Gasteiger partial charge in [0.15, 0.2) is 0 Å². The predicted molar refractivity (Wildman–Crippen MR) is 72.1 cm³/mol. The second-order valence-corrected chi connectivity index (χ2v) is 4.34. The molecule has 96 valence electrons. The molecule has 0 unspecified atom stereocenters. The summed E-state index contributed by atoms with van der Waals surface area (Å²) in [5, 5.41) is 10.6. The number of hydrogen-bond acceptors (Lipinski definition) is 5. The summed E-state index contributed by atoms with van der Waals surface area (Å²) in [5.74, 6) is 0.871. The number of guanidine groups is 1. The highest BCUT2D eigenvalue weighted by Crippen LogP contribution is 2.28. The monoisotopic (exact) mass is 256 g/mol. The minimum absolute atomic E-state index is 0.0988. The zero-order valence-corrected chi connectivity index (χ0v) is 10.4. The molecule has 19 heavy (non-hydrogen) atoms. The Bertz CT molecular complexity index is 616. The molecule has 0 saturated carbocycles. The van der Waals surface area contributed by atoms with Crippen molar-refractivity contribution in [2.45, 2.75) is 0 Å². The van der Waals surface area contributed by atoms with Crippen molar-refractivity contribution < 1.29 is 4.92 Å². The first-order chi connectivity index (χ1) is 9.16. The van der Waals surface area contributed by atoms with Gasteiger partial charge in [-0.05, 0) is 18.2 Å². The summed E-state index contributed by atoms with van der Waals surface area (Å²) < 4.78 is 0. The molecule has 1 aromatic rings. The van der Waals surface area contributed by atoms with Gasteiger partial charge in [-0.3, -0.25) is 10.1 Å². The number of hydrogen-bond donors (Lipinski definition) is 0. The summed E-state index contributed by atoms with van der Waals surface area (Å²) in [6.45, 7) is 0.791. The van der Waals surface area contributed by atoms with Gasteiger partial charge in [-0.1, -0.05) is 0 Å². The minimum Gasteiger partial charge on any atom is -0.313 e. The van der Waals surface area contributed by atoms with E-state index in [2.05, 4.69) is 4.99 Å². The van der Waals surface area contributed by atoms with Gasteiger partial charge in [-0.25, -0.2) is 4.99 Å². The van der Waals surface area contributed by atoms with E-state index < -0.39 is 4.92 Å². The quantitative estimate of drug-likeness (QED) is 0.600. The van der Waals surface area contributed by atoms with E-state index in [1.54, 1.807) is 18.3 Å². The molecule has 0 fully saturated rings. The molecule has 2 aliphatic rings. The lowest BCUT2D eigenvalue weighted by Gasteiger charge is -2.22. The van der Waals surface area contributed by atoms with Crippen molar-refractivity contribution in [3.8, 4) is 0 Å². The summed E-state index contributed by atoms with van der Waals surface area (Å²) in [6, 6.07) is 6.54. The molecule has 0 aliphatic carbocycles. The Morgan fingerprint density at radius 1 is 1.32 bits per heavy atom. The van der Waals surface area contributed by atoms with Crippen LogP contribution in [0.1, 0.15) is 5.56 Å². The average Bonchev–Trinajstić information content (AvgIpc) is 2.77. The molecular weight excluding hydrogens is 244 g/mol. The number of benzene rings is 1. The summed E-state index contributed by atoms with van der Waals surface area (Å²) in [5.41, 5.74) is 2.02. The maximum atomic E-state index is 10.6. The Hall–Kier alpha value is -2.63. The van der Waals surface area contributed by atoms with Crippen LogP contribution in [0.15, 0.2) is 47.7 Å². The zero-order valence-electron chi connectivity index (χ0n) is 10.4. The van der Waals surface area contributed by atoms with Crippen LogP contribution in [-0.2, 0) is 0 Å². The highest BCUT2D eigenvalue weighted by Gasteiger charge is 2.26. The Morgan fingerprint density at radius 2 is 2.05 bits per heavy atom. The van der Waals surface area contributed by atoms with Crippen molar-refractivity contribution in [3.05, 3.63) is 58.4 Å². The van der Waals surface area contributed by atoms with Crippen LogP contribution >= 0.6 is 0 Å². The molecule has 0 radical (unpaired) electrons. The number of nitro groups is 1. The summed E-state index contributed by atoms with van der Waals surface area (Å²) in [4.78, 5) is 18.6. The minimum atomic E-state index is -0.395. The van der Waals surface area contributed by atoms with Gasteiger partial charge in [0, 0.05) is 43.7 Å². The summed E-state index contributed by atoms with van der Waals surface area (Å²) in [7, 11) is 1.94. The van der Waals surface area contributed by atoms with Crippen molar-refractivity contribution in [1.82, 2.24) is 9.80 Å². The Balaban J connectivity index is 1.93. The molecule has 0 N–H and O–H groups in total. The second kappa shape index (κ2) is 4.24. The van der Waals surface area contributed by atoms with Crippen LogP contribution in [0.5, 0.6) is 0 Å². The fourth-order valence-corrected chi connectivity index (χ4v) is 2.19. The Morgan fingerprint density at radius 3 is 2.68 bits per heavy atom. The summed E-state index contributed by atoms with van der Waals surface area (Å²) in [6.07, 6.45) is 5.77. The maximum absolute atomic E-state index is 10.6. The first-order valence-corrected chi connectivity index (χ1v) is 5.86. The van der Waals surface area contributed by atoms with Crippen LogP contribution in [0.25, 0.3) is 5.70 Å². The molecule has 0 saturated heterocycles. The van der Waals surface area contributed by atoms with Crippen LogP contribution in [-0.4, -0.2) is 34.3 Å². The molecule has 1 aromatic carbocycles. The SMILES string of the molecule is CN1C(c2ccc([N+](=O)[O-])cc2)=CN2CC=CN=C21. The second-order valence-electron chi connectivity index (χ2n) is 4.34. The van der Waals surface area contributed by atoms with E-state index in [4.69, 9.17) is 0 Å². The normalized spacial score (nSPS) is 17.1. The Kier molecular flexibility index (Phi) is 2.56. The van der Waals surface area contributed by atoms with Gasteiger partial charge in [0.05, 0.1) is 10.6 Å². The lowest BCUT2D eigenvalue weighted by molar-refractivity contribution is -0.384. The van der Waals surface area contributed by atoms with E-state index in [0.717, 1.165) is 23.8 Å². The molecule has 3 rings (SSSR count). The average molecular weight is 256 g/mol. The first-order valence-electron chi connectivity index (χ1n) is 5.86. The largest absolute Gasteiger partial charge is 0.313 e. The van der Waals surface area contributed by atoms with Gasteiger partial charge < -0.3 is 9.80 Å². The molecule has 0 bridgehead atoms. The third kappa shape index (κ3) is 1.87. The molecule has 6 nitrogen and oxygen atoms in total. The van der Waals surface area contributed by atoms with Crippen LogP contribution in [0.2, 0.25) is 0 Å². The van der Waals surface area contributed by atoms with Gasteiger partial charge in [-0.15, -0.1) is 0 Å². The van der Waals surface area contributed by atoms with E-state index in [1.165, 1.54) is 12.1 Å². The third-order valence-electron chi connectivity index (χ3n) is 3.17. The van der Waals surface area contributed by atoms with Crippen LogP contribution in [0, 0.1) is 10.1 Å². The predicted octanol–water partition coefficient (Wildman–Crippen LogP) is 2.02. The molecule has 0 amide bonds. The lowest BCUT2D eigenvalue weighted by atomic mass is 10.1. The number of nitrogens with zero attached hydrogens (tertiary/aromatic N) is 4. The molecule has 2 heterocycles. The molecule has 2 aliphatic heterocycles. The maximum Gasteiger partial charge on any atom is 0.269 e. The number of nitro benzene ring substituents is 1.